The van der Waals surface area contributed by atoms with Crippen molar-refractivity contribution in [3.05, 3.63) is 40.3 Å². The second kappa shape index (κ2) is 4.32. The van der Waals surface area contributed by atoms with Crippen LogP contribution in [0.25, 0.3) is 0 Å². The second-order valence-corrected chi connectivity index (χ2v) is 4.19. The van der Waals surface area contributed by atoms with Crippen molar-refractivity contribution < 1.29 is 4.79 Å². The number of anilines is 2. The number of amides is 1. The highest BCUT2D eigenvalue weighted by atomic mass is 32.1. The van der Waals surface area contributed by atoms with Gasteiger partial charge in [0.15, 0.2) is 5.01 Å². The molecule has 0 aliphatic carbocycles. The van der Waals surface area contributed by atoms with Gasteiger partial charge in [0.2, 0.25) is 0 Å². The Kier molecular flexibility index (Phi) is 2.87. The molecule has 0 unspecified atom stereocenters. The molecular weight excluding hydrogens is 222 g/mol. The molecule has 0 aliphatic heterocycles. The summed E-state index contributed by atoms with van der Waals surface area (Å²) in [5.74, 6) is -0.226. The van der Waals surface area contributed by atoms with Gasteiger partial charge in [0.05, 0.1) is 11.4 Å². The Hall–Kier alpha value is -1.88. The van der Waals surface area contributed by atoms with E-state index in [-0.39, 0.29) is 5.91 Å². The first-order chi connectivity index (χ1) is 7.66. The molecule has 0 atom stereocenters. The SMILES string of the molecule is Cc1csc(C(=O)Nc2ccccc2N)n1. The second-order valence-electron chi connectivity index (χ2n) is 3.34. The standard InChI is InChI=1S/C11H11N3OS/c1-7-6-16-11(13-7)10(15)14-9-5-3-2-4-8(9)12/h2-6H,12H2,1H3,(H,14,15). The number of aromatic nitrogens is 1. The lowest BCUT2D eigenvalue weighted by molar-refractivity contribution is 0.102. The Morgan fingerprint density at radius 3 is 2.81 bits per heavy atom. The fourth-order valence-corrected chi connectivity index (χ4v) is 1.93. The number of nitrogens with zero attached hydrogens (tertiary/aromatic N) is 1. The first-order valence-corrected chi connectivity index (χ1v) is 5.63. The minimum absolute atomic E-state index is 0.226. The predicted molar refractivity (Wildman–Crippen MR) is 65.7 cm³/mol. The third-order valence-corrected chi connectivity index (χ3v) is 2.98. The van der Waals surface area contributed by atoms with Crippen LogP contribution in [-0.4, -0.2) is 10.9 Å². The monoisotopic (exact) mass is 233 g/mol. The van der Waals surface area contributed by atoms with E-state index in [0.29, 0.717) is 16.4 Å². The molecule has 0 fully saturated rings. The van der Waals surface area contributed by atoms with Crippen molar-refractivity contribution >= 4 is 28.6 Å². The molecule has 3 N–H and O–H groups in total. The molecule has 0 bridgehead atoms. The van der Waals surface area contributed by atoms with Crippen LogP contribution in [0.1, 0.15) is 15.5 Å². The predicted octanol–water partition coefficient (Wildman–Crippen LogP) is 2.29. The van der Waals surface area contributed by atoms with Crippen LogP contribution in [0.4, 0.5) is 11.4 Å². The Morgan fingerprint density at radius 1 is 1.44 bits per heavy atom. The van der Waals surface area contributed by atoms with Gasteiger partial charge < -0.3 is 11.1 Å². The number of nitrogen functional groups attached to an aromatic ring is 1. The summed E-state index contributed by atoms with van der Waals surface area (Å²) in [6, 6.07) is 7.13. The summed E-state index contributed by atoms with van der Waals surface area (Å²) in [5.41, 5.74) is 7.72. The van der Waals surface area contributed by atoms with E-state index in [1.54, 1.807) is 12.1 Å². The molecule has 0 aliphatic rings. The van der Waals surface area contributed by atoms with Gasteiger partial charge in [-0.15, -0.1) is 11.3 Å². The van der Waals surface area contributed by atoms with E-state index in [1.807, 2.05) is 24.4 Å². The third kappa shape index (κ3) is 2.20. The molecule has 1 aromatic heterocycles. The normalized spacial score (nSPS) is 10.1. The van der Waals surface area contributed by atoms with E-state index >= 15 is 0 Å². The van der Waals surface area contributed by atoms with Gasteiger partial charge in [-0.25, -0.2) is 4.98 Å². The molecule has 5 heteroatoms. The van der Waals surface area contributed by atoms with Crippen molar-refractivity contribution in [1.82, 2.24) is 4.98 Å². The largest absolute Gasteiger partial charge is 0.397 e. The van der Waals surface area contributed by atoms with Crippen LogP contribution in [0.15, 0.2) is 29.6 Å². The molecule has 2 rings (SSSR count). The fourth-order valence-electron chi connectivity index (χ4n) is 1.24. The first-order valence-electron chi connectivity index (χ1n) is 4.75. The van der Waals surface area contributed by atoms with Crippen molar-refractivity contribution in [3.63, 3.8) is 0 Å². The maximum atomic E-state index is 11.8. The van der Waals surface area contributed by atoms with Gasteiger partial charge in [0.1, 0.15) is 0 Å². The van der Waals surface area contributed by atoms with Gasteiger partial charge in [-0.1, -0.05) is 12.1 Å². The lowest BCUT2D eigenvalue weighted by Gasteiger charge is -2.05. The number of carbonyl (C=O) groups is 1. The maximum absolute atomic E-state index is 11.8. The zero-order valence-corrected chi connectivity index (χ0v) is 9.54. The van der Waals surface area contributed by atoms with Gasteiger partial charge in [-0.3, -0.25) is 4.79 Å². The number of aryl methyl sites for hydroxylation is 1. The first kappa shape index (κ1) is 10.6. The topological polar surface area (TPSA) is 68.0 Å². The van der Waals surface area contributed by atoms with Crippen LogP contribution in [0.2, 0.25) is 0 Å². The zero-order chi connectivity index (χ0) is 11.5. The lowest BCUT2D eigenvalue weighted by Crippen LogP contribution is -2.12. The van der Waals surface area contributed by atoms with Gasteiger partial charge in [-0.2, -0.15) is 0 Å². The highest BCUT2D eigenvalue weighted by molar-refractivity contribution is 7.11. The summed E-state index contributed by atoms with van der Waals surface area (Å²) in [4.78, 5) is 15.9. The smallest absolute Gasteiger partial charge is 0.284 e. The number of nitrogens with two attached hydrogens (primary N) is 1. The Balaban J connectivity index is 2.17. The summed E-state index contributed by atoms with van der Waals surface area (Å²) in [6.07, 6.45) is 0. The fraction of sp³-hybridized carbons (Fsp3) is 0.0909. The highest BCUT2D eigenvalue weighted by Gasteiger charge is 2.10. The average Bonchev–Trinajstić information content (AvgIpc) is 2.68. The molecule has 0 saturated heterocycles. The van der Waals surface area contributed by atoms with Gasteiger partial charge in [0.25, 0.3) is 5.91 Å². The summed E-state index contributed by atoms with van der Waals surface area (Å²) < 4.78 is 0. The van der Waals surface area contributed by atoms with Crippen LogP contribution in [-0.2, 0) is 0 Å². The third-order valence-electron chi connectivity index (χ3n) is 2.02. The molecular formula is C11H11N3OS. The summed E-state index contributed by atoms with van der Waals surface area (Å²) in [6.45, 7) is 1.85. The molecule has 4 nitrogen and oxygen atoms in total. The Bertz CT molecular complexity index is 521. The molecule has 0 radical (unpaired) electrons. The Morgan fingerprint density at radius 2 is 2.19 bits per heavy atom. The molecule has 0 spiro atoms. The van der Waals surface area contributed by atoms with Gasteiger partial charge in [-0.05, 0) is 19.1 Å². The van der Waals surface area contributed by atoms with E-state index in [2.05, 4.69) is 10.3 Å². The van der Waals surface area contributed by atoms with E-state index in [4.69, 9.17) is 5.73 Å². The summed E-state index contributed by atoms with van der Waals surface area (Å²) in [7, 11) is 0. The molecule has 1 amide bonds. The van der Waals surface area contributed by atoms with Crippen molar-refractivity contribution in [2.45, 2.75) is 6.92 Å². The van der Waals surface area contributed by atoms with Crippen molar-refractivity contribution in [2.75, 3.05) is 11.1 Å². The number of rotatable bonds is 2. The van der Waals surface area contributed by atoms with Gasteiger partial charge >= 0.3 is 0 Å². The van der Waals surface area contributed by atoms with Crippen LogP contribution < -0.4 is 11.1 Å². The lowest BCUT2D eigenvalue weighted by atomic mass is 10.3. The minimum atomic E-state index is -0.226. The summed E-state index contributed by atoms with van der Waals surface area (Å²) >= 11 is 1.32. The molecule has 0 saturated carbocycles. The Labute approximate surface area is 97.1 Å². The van der Waals surface area contributed by atoms with E-state index < -0.39 is 0 Å². The number of nitrogens with one attached hydrogen (secondary N) is 1. The average molecular weight is 233 g/mol. The van der Waals surface area contributed by atoms with Crippen LogP contribution in [0.3, 0.4) is 0 Å². The number of hydrogen-bond donors (Lipinski definition) is 2. The highest BCUT2D eigenvalue weighted by Crippen LogP contribution is 2.18. The molecule has 82 valence electrons. The number of thiazole rings is 1. The number of para-hydroxylation sites is 2. The molecule has 1 aromatic carbocycles. The number of hydrogen-bond acceptors (Lipinski definition) is 4. The molecule has 16 heavy (non-hydrogen) atoms. The summed E-state index contributed by atoms with van der Waals surface area (Å²) in [5, 5.41) is 5.01. The van der Waals surface area contributed by atoms with Crippen LogP contribution >= 0.6 is 11.3 Å². The van der Waals surface area contributed by atoms with E-state index in [1.165, 1.54) is 11.3 Å². The molecule has 1 heterocycles. The maximum Gasteiger partial charge on any atom is 0.284 e. The van der Waals surface area contributed by atoms with Crippen molar-refractivity contribution in [3.8, 4) is 0 Å². The van der Waals surface area contributed by atoms with Crippen molar-refractivity contribution in [2.24, 2.45) is 0 Å². The van der Waals surface area contributed by atoms with Gasteiger partial charge in [0, 0.05) is 11.1 Å². The zero-order valence-electron chi connectivity index (χ0n) is 8.73. The van der Waals surface area contributed by atoms with Crippen LogP contribution in [0, 0.1) is 6.92 Å². The van der Waals surface area contributed by atoms with E-state index in [9.17, 15) is 4.79 Å². The minimum Gasteiger partial charge on any atom is -0.397 e. The van der Waals surface area contributed by atoms with Crippen molar-refractivity contribution in [1.29, 1.82) is 0 Å². The quantitative estimate of drug-likeness (QED) is 0.782. The number of benzene rings is 1. The number of carbonyl (C=O) groups excluding carboxylic acids is 1. The molecule has 2 aromatic rings. The van der Waals surface area contributed by atoms with E-state index in [0.717, 1.165) is 5.69 Å². The van der Waals surface area contributed by atoms with Crippen LogP contribution in [0.5, 0.6) is 0 Å².